The third-order valence-electron chi connectivity index (χ3n) is 9.03. The Morgan fingerprint density at radius 3 is 0.826 bits per heavy atom. The van der Waals surface area contributed by atoms with Crippen LogP contribution in [0.1, 0.15) is 111 Å². The SMILES string of the molecule is CC(C)N(c1c(N(C(C)C)C(C)C)c1=Nc1cccc2cccc(N=c3c(N(C(C)C)C(C)C)c3N(C(C)C)C(C)C)c12)C(C)C. The third kappa shape index (κ3) is 6.87. The molecule has 46 heavy (non-hydrogen) atoms. The van der Waals surface area contributed by atoms with Gasteiger partial charge in [-0.1, -0.05) is 24.3 Å². The van der Waals surface area contributed by atoms with Crippen LogP contribution in [0.15, 0.2) is 46.4 Å². The second-order valence-electron chi connectivity index (χ2n) is 15.3. The van der Waals surface area contributed by atoms with E-state index in [1.165, 1.54) is 28.1 Å². The van der Waals surface area contributed by atoms with Gasteiger partial charge in [-0.15, -0.1) is 0 Å². The van der Waals surface area contributed by atoms with Gasteiger partial charge in [0.2, 0.25) is 0 Å². The molecule has 0 N–H and O–H groups in total. The van der Waals surface area contributed by atoms with Crippen molar-refractivity contribution in [2.45, 2.75) is 159 Å². The van der Waals surface area contributed by atoms with E-state index in [9.17, 15) is 0 Å². The Kier molecular flexibility index (Phi) is 10.7. The first-order valence-corrected chi connectivity index (χ1v) is 17.8. The maximum absolute atomic E-state index is 5.50. The second kappa shape index (κ2) is 13.8. The molecule has 0 fully saturated rings. The largest absolute Gasteiger partial charge is 0.363 e. The molecule has 0 aromatic heterocycles. The Morgan fingerprint density at radius 2 is 0.609 bits per heavy atom. The molecule has 0 amide bonds. The molecular formula is C40H62N6. The summed E-state index contributed by atoms with van der Waals surface area (Å²) < 4.78 is 0. The summed E-state index contributed by atoms with van der Waals surface area (Å²) in [5.74, 6) is 0. The zero-order valence-corrected chi connectivity index (χ0v) is 31.8. The number of benzene rings is 2. The summed E-state index contributed by atoms with van der Waals surface area (Å²) in [7, 11) is 0. The fraction of sp³-hybridized carbons (Fsp3) is 0.600. The van der Waals surface area contributed by atoms with Gasteiger partial charge in [0.05, 0.1) is 34.1 Å². The van der Waals surface area contributed by atoms with Crippen LogP contribution in [0.25, 0.3) is 10.8 Å². The van der Waals surface area contributed by atoms with E-state index in [-0.39, 0.29) is 0 Å². The quantitative estimate of drug-likeness (QED) is 0.140. The highest BCUT2D eigenvalue weighted by atomic mass is 15.3. The van der Waals surface area contributed by atoms with Crippen molar-refractivity contribution in [3.63, 3.8) is 0 Å². The molecule has 0 aliphatic heterocycles. The molecule has 0 aliphatic carbocycles. The number of nitrogens with zero attached hydrogens (tertiary/aromatic N) is 6. The van der Waals surface area contributed by atoms with Crippen molar-refractivity contribution in [1.82, 2.24) is 0 Å². The lowest BCUT2D eigenvalue weighted by molar-refractivity contribution is 0.598. The summed E-state index contributed by atoms with van der Waals surface area (Å²) in [5.41, 5.74) is 7.12. The normalized spacial score (nSPS) is 12.6. The fourth-order valence-electron chi connectivity index (χ4n) is 7.69. The molecule has 6 nitrogen and oxygen atoms in total. The van der Waals surface area contributed by atoms with Crippen molar-refractivity contribution in [2.75, 3.05) is 19.6 Å². The van der Waals surface area contributed by atoms with Crippen molar-refractivity contribution >= 4 is 44.9 Å². The first-order chi connectivity index (χ1) is 21.5. The number of hydrogen-bond donors (Lipinski definition) is 0. The van der Waals surface area contributed by atoms with Gasteiger partial charge in [0.15, 0.2) is 0 Å². The van der Waals surface area contributed by atoms with Crippen molar-refractivity contribution in [1.29, 1.82) is 0 Å². The van der Waals surface area contributed by atoms with Gasteiger partial charge in [-0.2, -0.15) is 0 Å². The van der Waals surface area contributed by atoms with E-state index < -0.39 is 0 Å². The summed E-state index contributed by atoms with van der Waals surface area (Å²) in [5, 5.41) is 4.51. The average molecular weight is 627 g/mol. The maximum Gasteiger partial charge on any atom is 0.115 e. The molecule has 0 bridgehead atoms. The molecule has 4 aromatic rings. The molecule has 0 saturated heterocycles. The van der Waals surface area contributed by atoms with E-state index in [0.29, 0.717) is 48.3 Å². The van der Waals surface area contributed by atoms with Crippen LogP contribution in [0, 0.1) is 0 Å². The smallest absolute Gasteiger partial charge is 0.115 e. The molecule has 0 heterocycles. The van der Waals surface area contributed by atoms with Crippen molar-refractivity contribution in [2.24, 2.45) is 9.98 Å². The van der Waals surface area contributed by atoms with Crippen LogP contribution < -0.4 is 30.3 Å². The van der Waals surface area contributed by atoms with Gasteiger partial charge in [-0.05, 0) is 128 Å². The Bertz CT molecular complexity index is 1430. The molecular weight excluding hydrogens is 564 g/mol. The molecule has 252 valence electrons. The minimum Gasteiger partial charge on any atom is -0.363 e. The predicted octanol–water partition coefficient (Wildman–Crippen LogP) is 9.55. The Morgan fingerprint density at radius 1 is 0.370 bits per heavy atom. The lowest BCUT2D eigenvalue weighted by Gasteiger charge is -2.33. The first-order valence-electron chi connectivity index (χ1n) is 17.8. The van der Waals surface area contributed by atoms with Crippen LogP contribution in [0.2, 0.25) is 0 Å². The molecule has 0 atom stereocenters. The minimum absolute atomic E-state index is 0.376. The number of fused-ring (bicyclic) bond motifs is 1. The first kappa shape index (κ1) is 35.6. The van der Waals surface area contributed by atoms with E-state index >= 15 is 0 Å². The minimum atomic E-state index is 0.376. The summed E-state index contributed by atoms with van der Waals surface area (Å²) in [4.78, 5) is 21.1. The zero-order valence-electron chi connectivity index (χ0n) is 31.8. The highest BCUT2D eigenvalue weighted by Gasteiger charge is 2.37. The molecule has 0 aliphatic rings. The molecule has 0 saturated carbocycles. The van der Waals surface area contributed by atoms with Gasteiger partial charge in [-0.25, -0.2) is 9.98 Å². The van der Waals surface area contributed by atoms with Crippen LogP contribution in [-0.4, -0.2) is 48.3 Å². The second-order valence-corrected chi connectivity index (χ2v) is 15.3. The van der Waals surface area contributed by atoms with Crippen molar-refractivity contribution in [3.05, 3.63) is 47.1 Å². The average Bonchev–Trinajstić information content (AvgIpc) is 3.79. The lowest BCUT2D eigenvalue weighted by atomic mass is 10.1. The van der Waals surface area contributed by atoms with Gasteiger partial charge in [0.25, 0.3) is 0 Å². The summed E-state index contributed by atoms with van der Waals surface area (Å²) in [6, 6.07) is 16.0. The van der Waals surface area contributed by atoms with Crippen LogP contribution in [0.4, 0.5) is 34.1 Å². The van der Waals surface area contributed by atoms with Crippen LogP contribution in [0.5, 0.6) is 0 Å². The standard InChI is InChI=1S/C40H62N6/c1-23(2)43(24(3)4)37-35(38(37)44(25(5)6)26(7)8)41-32-21-17-19-31-20-18-22-33(34(31)32)42-36-39(45(27(9)10)28(11)12)40(36)46(29(13)14)30(15)16/h17-30H,1-16H3. The van der Waals surface area contributed by atoms with Crippen molar-refractivity contribution in [3.8, 4) is 0 Å². The van der Waals surface area contributed by atoms with Crippen molar-refractivity contribution < 1.29 is 0 Å². The number of anilines is 4. The zero-order chi connectivity index (χ0) is 34.4. The van der Waals surface area contributed by atoms with Crippen LogP contribution in [-0.2, 0) is 0 Å². The van der Waals surface area contributed by atoms with Gasteiger partial charge in [-0.3, -0.25) is 0 Å². The van der Waals surface area contributed by atoms with E-state index in [1.54, 1.807) is 0 Å². The molecule has 6 heteroatoms. The van der Waals surface area contributed by atoms with Crippen LogP contribution in [0.3, 0.4) is 0 Å². The molecule has 4 rings (SSSR count). The Hall–Kier alpha value is -3.28. The number of rotatable bonds is 14. The summed E-state index contributed by atoms with van der Waals surface area (Å²) in [6.07, 6.45) is 0. The lowest BCUT2D eigenvalue weighted by Crippen LogP contribution is -2.38. The predicted molar refractivity (Wildman–Crippen MR) is 203 cm³/mol. The summed E-state index contributed by atoms with van der Waals surface area (Å²) >= 11 is 0. The highest BCUT2D eigenvalue weighted by Crippen LogP contribution is 2.43. The third-order valence-corrected chi connectivity index (χ3v) is 9.03. The fourth-order valence-corrected chi connectivity index (χ4v) is 7.69. The molecule has 0 unspecified atom stereocenters. The Labute approximate surface area is 280 Å². The maximum atomic E-state index is 5.50. The van der Waals surface area contributed by atoms with Gasteiger partial charge < -0.3 is 19.6 Å². The highest BCUT2D eigenvalue weighted by molar-refractivity contribution is 6.02. The van der Waals surface area contributed by atoms with E-state index in [1.807, 2.05) is 0 Å². The monoisotopic (exact) mass is 627 g/mol. The van der Waals surface area contributed by atoms with E-state index in [4.69, 9.17) is 9.98 Å². The number of hydrogen-bond acceptors (Lipinski definition) is 6. The van der Waals surface area contributed by atoms with Crippen LogP contribution >= 0.6 is 0 Å². The van der Waals surface area contributed by atoms with E-state index in [0.717, 1.165) is 27.5 Å². The van der Waals surface area contributed by atoms with E-state index in [2.05, 4.69) is 167 Å². The van der Waals surface area contributed by atoms with Gasteiger partial charge in [0.1, 0.15) is 10.7 Å². The van der Waals surface area contributed by atoms with Gasteiger partial charge >= 0.3 is 0 Å². The molecule has 4 aromatic carbocycles. The summed E-state index contributed by atoms with van der Waals surface area (Å²) in [6.45, 7) is 36.6. The molecule has 0 radical (unpaired) electrons. The Balaban J connectivity index is 2.01. The topological polar surface area (TPSA) is 37.7 Å². The van der Waals surface area contributed by atoms with Gasteiger partial charge in [0, 0.05) is 53.7 Å². The molecule has 0 spiro atoms.